The Morgan fingerprint density at radius 3 is 2.70 bits per heavy atom. The predicted molar refractivity (Wildman–Crippen MR) is 91.4 cm³/mol. The molecule has 1 aliphatic carbocycles. The molecular weight excluding hydrogens is 312 g/mol. The summed E-state index contributed by atoms with van der Waals surface area (Å²) in [5, 5.41) is 8.26. The lowest BCUT2D eigenvalue weighted by Crippen LogP contribution is -2.35. The molecule has 2 amide bonds. The van der Waals surface area contributed by atoms with E-state index >= 15 is 0 Å². The maximum Gasteiger partial charge on any atom is 0.270 e. The highest BCUT2D eigenvalue weighted by Crippen LogP contribution is 2.25. The maximum absolute atomic E-state index is 11.9. The van der Waals surface area contributed by atoms with Crippen molar-refractivity contribution in [1.29, 1.82) is 0 Å². The van der Waals surface area contributed by atoms with E-state index in [1.165, 1.54) is 43.4 Å². The molecule has 1 saturated carbocycles. The van der Waals surface area contributed by atoms with Gasteiger partial charge in [0.25, 0.3) is 5.91 Å². The Hall–Kier alpha value is -1.47. The molecule has 1 aromatic rings. The molecule has 128 valence electrons. The number of nitrogens with zero attached hydrogens (tertiary/aromatic N) is 1. The first-order valence-electron chi connectivity index (χ1n) is 8.38. The fraction of sp³-hybridized carbons (Fsp3) is 0.688. The number of hydrogen-bond donors (Lipinski definition) is 3. The Balaban J connectivity index is 1.60. The third-order valence-corrected chi connectivity index (χ3v) is 4.98. The average Bonchev–Trinajstić information content (AvgIpc) is 3.01. The van der Waals surface area contributed by atoms with Crippen LogP contribution in [0.25, 0.3) is 0 Å². The van der Waals surface area contributed by atoms with E-state index in [2.05, 4.69) is 15.6 Å². The number of carbonyl (C=O) groups excluding carboxylic acids is 2. The third kappa shape index (κ3) is 6.27. The van der Waals surface area contributed by atoms with E-state index < -0.39 is 0 Å². The Morgan fingerprint density at radius 1 is 1.22 bits per heavy atom. The summed E-state index contributed by atoms with van der Waals surface area (Å²) < 4.78 is 0. The topological polar surface area (TPSA) is 97.1 Å². The van der Waals surface area contributed by atoms with E-state index in [1.54, 1.807) is 5.38 Å². The number of rotatable bonds is 8. The summed E-state index contributed by atoms with van der Waals surface area (Å²) >= 11 is 1.44. The molecule has 0 bridgehead atoms. The SMILES string of the molecule is NCCc1nc(C(=O)NCCNC(=O)CC2CCCCC2)cs1. The second-order valence-corrected chi connectivity index (χ2v) is 6.92. The first-order chi connectivity index (χ1) is 11.2. The van der Waals surface area contributed by atoms with Crippen LogP contribution in [0.3, 0.4) is 0 Å². The number of nitrogens with two attached hydrogens (primary N) is 1. The van der Waals surface area contributed by atoms with Crippen LogP contribution in [-0.4, -0.2) is 36.4 Å². The monoisotopic (exact) mass is 338 g/mol. The Labute approximate surface area is 141 Å². The molecule has 0 aromatic carbocycles. The standard InChI is InChI=1S/C16H26N4O2S/c17-7-6-15-20-13(11-23-15)16(22)19-9-8-18-14(21)10-12-4-2-1-3-5-12/h11-12H,1-10,17H2,(H,18,21)(H,19,22). The van der Waals surface area contributed by atoms with Crippen molar-refractivity contribution < 1.29 is 9.59 Å². The molecule has 0 spiro atoms. The average molecular weight is 338 g/mol. The third-order valence-electron chi connectivity index (χ3n) is 4.07. The van der Waals surface area contributed by atoms with E-state index in [0.29, 0.717) is 44.1 Å². The zero-order valence-corrected chi connectivity index (χ0v) is 14.3. The van der Waals surface area contributed by atoms with Crippen molar-refractivity contribution in [2.24, 2.45) is 11.7 Å². The van der Waals surface area contributed by atoms with Crippen molar-refractivity contribution >= 4 is 23.2 Å². The summed E-state index contributed by atoms with van der Waals surface area (Å²) in [6.07, 6.45) is 7.42. The molecule has 0 radical (unpaired) electrons. The molecule has 2 rings (SSSR count). The zero-order valence-electron chi connectivity index (χ0n) is 13.5. The van der Waals surface area contributed by atoms with Crippen LogP contribution in [0.2, 0.25) is 0 Å². The molecular formula is C16H26N4O2S. The summed E-state index contributed by atoms with van der Waals surface area (Å²) in [7, 11) is 0. The minimum atomic E-state index is -0.203. The van der Waals surface area contributed by atoms with Crippen molar-refractivity contribution in [3.63, 3.8) is 0 Å². The van der Waals surface area contributed by atoms with Crippen molar-refractivity contribution in [2.45, 2.75) is 44.9 Å². The number of hydrogen-bond acceptors (Lipinski definition) is 5. The fourth-order valence-corrected chi connectivity index (χ4v) is 3.64. The van der Waals surface area contributed by atoms with E-state index in [9.17, 15) is 9.59 Å². The van der Waals surface area contributed by atoms with Gasteiger partial charge in [-0.2, -0.15) is 0 Å². The quantitative estimate of drug-likeness (QED) is 0.625. The highest BCUT2D eigenvalue weighted by atomic mass is 32.1. The first-order valence-corrected chi connectivity index (χ1v) is 9.26. The van der Waals surface area contributed by atoms with Crippen molar-refractivity contribution in [3.8, 4) is 0 Å². The van der Waals surface area contributed by atoms with Gasteiger partial charge in [0.1, 0.15) is 5.69 Å². The Kier molecular flexibility index (Phi) is 7.48. The van der Waals surface area contributed by atoms with Gasteiger partial charge in [0, 0.05) is 31.3 Å². The predicted octanol–water partition coefficient (Wildman–Crippen LogP) is 1.46. The van der Waals surface area contributed by atoms with Gasteiger partial charge >= 0.3 is 0 Å². The molecule has 0 unspecified atom stereocenters. The number of carbonyl (C=O) groups is 2. The lowest BCUT2D eigenvalue weighted by Gasteiger charge is -2.20. The lowest BCUT2D eigenvalue weighted by atomic mass is 9.87. The smallest absolute Gasteiger partial charge is 0.270 e. The second kappa shape index (κ2) is 9.62. The molecule has 23 heavy (non-hydrogen) atoms. The van der Waals surface area contributed by atoms with Gasteiger partial charge in [0.05, 0.1) is 5.01 Å². The van der Waals surface area contributed by atoms with E-state index in [0.717, 1.165) is 5.01 Å². The lowest BCUT2D eigenvalue weighted by molar-refractivity contribution is -0.122. The molecule has 4 N–H and O–H groups in total. The molecule has 7 heteroatoms. The van der Waals surface area contributed by atoms with Crippen LogP contribution < -0.4 is 16.4 Å². The van der Waals surface area contributed by atoms with Gasteiger partial charge in [-0.05, 0) is 25.3 Å². The summed E-state index contributed by atoms with van der Waals surface area (Å²) in [5.74, 6) is 0.422. The minimum Gasteiger partial charge on any atom is -0.354 e. The van der Waals surface area contributed by atoms with E-state index in [-0.39, 0.29) is 11.8 Å². The molecule has 1 heterocycles. The van der Waals surface area contributed by atoms with Gasteiger partial charge in [-0.1, -0.05) is 19.3 Å². The summed E-state index contributed by atoms with van der Waals surface area (Å²) in [4.78, 5) is 28.0. The van der Waals surface area contributed by atoms with E-state index in [1.807, 2.05) is 0 Å². The number of amides is 2. The number of thiazole rings is 1. The van der Waals surface area contributed by atoms with Gasteiger partial charge in [-0.25, -0.2) is 4.98 Å². The number of aromatic nitrogens is 1. The first kappa shape index (κ1) is 17.9. The molecule has 1 fully saturated rings. The molecule has 0 aliphatic heterocycles. The van der Waals surface area contributed by atoms with Gasteiger partial charge < -0.3 is 16.4 Å². The van der Waals surface area contributed by atoms with E-state index in [4.69, 9.17) is 5.73 Å². The zero-order chi connectivity index (χ0) is 16.5. The van der Waals surface area contributed by atoms with Gasteiger partial charge in [0.15, 0.2) is 0 Å². The van der Waals surface area contributed by atoms with Crippen LogP contribution >= 0.6 is 11.3 Å². The highest BCUT2D eigenvalue weighted by Gasteiger charge is 2.16. The summed E-state index contributed by atoms with van der Waals surface area (Å²) in [6.45, 7) is 1.40. The summed E-state index contributed by atoms with van der Waals surface area (Å²) in [6, 6.07) is 0. The molecule has 6 nitrogen and oxygen atoms in total. The van der Waals surface area contributed by atoms with Gasteiger partial charge in [0.2, 0.25) is 5.91 Å². The second-order valence-electron chi connectivity index (χ2n) is 5.98. The van der Waals surface area contributed by atoms with Crippen LogP contribution in [0.1, 0.15) is 54.0 Å². The number of nitrogens with one attached hydrogen (secondary N) is 2. The van der Waals surface area contributed by atoms with Crippen molar-refractivity contribution in [2.75, 3.05) is 19.6 Å². The Morgan fingerprint density at radius 2 is 1.96 bits per heavy atom. The minimum absolute atomic E-state index is 0.0880. The van der Waals surface area contributed by atoms with Crippen LogP contribution in [0.4, 0.5) is 0 Å². The largest absolute Gasteiger partial charge is 0.354 e. The van der Waals surface area contributed by atoms with Gasteiger partial charge in [-0.15, -0.1) is 11.3 Å². The van der Waals surface area contributed by atoms with Crippen LogP contribution in [0.15, 0.2) is 5.38 Å². The van der Waals surface area contributed by atoms with Crippen LogP contribution in [0, 0.1) is 5.92 Å². The van der Waals surface area contributed by atoms with Gasteiger partial charge in [-0.3, -0.25) is 9.59 Å². The summed E-state index contributed by atoms with van der Waals surface area (Å²) in [5.41, 5.74) is 5.89. The molecule has 1 aromatic heterocycles. The van der Waals surface area contributed by atoms with Crippen LogP contribution in [-0.2, 0) is 11.2 Å². The molecule has 1 aliphatic rings. The molecule has 0 atom stereocenters. The van der Waals surface area contributed by atoms with Crippen LogP contribution in [0.5, 0.6) is 0 Å². The fourth-order valence-electron chi connectivity index (χ4n) is 2.85. The maximum atomic E-state index is 11.9. The molecule has 0 saturated heterocycles. The Bertz CT molecular complexity index is 512. The van der Waals surface area contributed by atoms with Crippen molar-refractivity contribution in [1.82, 2.24) is 15.6 Å². The highest BCUT2D eigenvalue weighted by molar-refractivity contribution is 7.09. The normalized spacial score (nSPS) is 15.3. The van der Waals surface area contributed by atoms with Crippen molar-refractivity contribution in [3.05, 3.63) is 16.1 Å².